The van der Waals surface area contributed by atoms with Crippen molar-refractivity contribution in [2.24, 2.45) is 11.3 Å². The fourth-order valence-corrected chi connectivity index (χ4v) is 9.21. The molecule has 3 aliphatic rings. The Labute approximate surface area is 346 Å². The molecule has 3 aromatic carbocycles. The summed E-state index contributed by atoms with van der Waals surface area (Å²) in [5.41, 5.74) is 7.77. The van der Waals surface area contributed by atoms with E-state index in [1.807, 2.05) is 23.1 Å². The van der Waals surface area contributed by atoms with Gasteiger partial charge >= 0.3 is 5.97 Å². The molecule has 1 aliphatic carbocycles. The van der Waals surface area contributed by atoms with Gasteiger partial charge in [0, 0.05) is 48.6 Å². The second-order valence-electron chi connectivity index (χ2n) is 16.3. The molecule has 58 heavy (non-hydrogen) atoms. The predicted molar refractivity (Wildman–Crippen MR) is 223 cm³/mol. The molecule has 4 aromatic rings. The van der Waals surface area contributed by atoms with Crippen molar-refractivity contribution >= 4 is 17.6 Å². The van der Waals surface area contributed by atoms with Crippen molar-refractivity contribution in [3.05, 3.63) is 105 Å². The summed E-state index contributed by atoms with van der Waals surface area (Å²) in [4.78, 5) is 20.8. The van der Waals surface area contributed by atoms with Crippen LogP contribution in [0.4, 0.5) is 0 Å². The fraction of sp³-hybridized carbons (Fsp3) is 0.447. The van der Waals surface area contributed by atoms with Gasteiger partial charge in [-0.2, -0.15) is 10.5 Å². The third-order valence-electron chi connectivity index (χ3n) is 12.4. The van der Waals surface area contributed by atoms with Crippen LogP contribution in [0.5, 0.6) is 17.2 Å². The molecule has 7 rings (SSSR count). The van der Waals surface area contributed by atoms with Crippen molar-refractivity contribution in [1.29, 1.82) is 10.5 Å². The van der Waals surface area contributed by atoms with Crippen molar-refractivity contribution in [2.45, 2.75) is 91.0 Å². The molecule has 0 amide bonds. The molecule has 2 saturated heterocycles. The van der Waals surface area contributed by atoms with Crippen LogP contribution in [0.2, 0.25) is 5.02 Å². The molecular weight excluding hydrogens is 750 g/mol. The number of benzene rings is 3. The second-order valence-corrected chi connectivity index (χ2v) is 16.7. The maximum atomic E-state index is 12.1. The second kappa shape index (κ2) is 18.6. The lowest BCUT2D eigenvalue weighted by molar-refractivity contribution is -0.144. The molecule has 302 valence electrons. The van der Waals surface area contributed by atoms with E-state index < -0.39 is 12.0 Å². The van der Waals surface area contributed by atoms with Gasteiger partial charge in [-0.15, -0.1) is 0 Å². The third-order valence-corrected chi connectivity index (χ3v) is 12.7. The lowest BCUT2D eigenvalue weighted by atomic mass is 9.58. The van der Waals surface area contributed by atoms with Crippen molar-refractivity contribution < 1.29 is 24.1 Å². The lowest BCUT2D eigenvalue weighted by Gasteiger charge is -2.50. The van der Waals surface area contributed by atoms with Gasteiger partial charge in [0.05, 0.1) is 23.3 Å². The van der Waals surface area contributed by atoms with Gasteiger partial charge in [0.25, 0.3) is 0 Å². The van der Waals surface area contributed by atoms with E-state index in [1.54, 1.807) is 18.3 Å². The number of aromatic nitrogens is 1. The number of hydrogen-bond donors (Lipinski definition) is 1. The molecule has 11 heteroatoms. The monoisotopic (exact) mass is 801 g/mol. The molecule has 1 saturated carbocycles. The fourth-order valence-electron chi connectivity index (χ4n) is 8.97. The van der Waals surface area contributed by atoms with Gasteiger partial charge in [-0.25, -0.2) is 0 Å². The standard InChI is InChI=1S/C47H52ClN5O5/c1-32-37(8-5-9-39(32)40-10-6-12-43(33(40)2)56-19-7-15-52-17-13-47(14-18-52)23-36(24-47)26-50)31-58-45-22-44(57-30-35-20-34(25-49)27-51-28-35)38(21-41(45)48)29-53-16-4-3-11-42(53)46(54)55/h5-6,8-10,12,20-22,27-28,36,42H,3-4,7,11,13-19,23-24,29-31H2,1-2H3,(H,54,55)/t42-/m0/s1. The number of aliphatic carboxylic acids is 1. The smallest absolute Gasteiger partial charge is 0.320 e. The first-order valence-corrected chi connectivity index (χ1v) is 20.9. The van der Waals surface area contributed by atoms with Crippen LogP contribution in [-0.4, -0.2) is 64.7 Å². The molecule has 2 aliphatic heterocycles. The van der Waals surface area contributed by atoms with Gasteiger partial charge in [-0.3, -0.25) is 14.7 Å². The highest BCUT2D eigenvalue weighted by molar-refractivity contribution is 6.32. The average Bonchev–Trinajstić information content (AvgIpc) is 3.22. The molecule has 1 atom stereocenters. The summed E-state index contributed by atoms with van der Waals surface area (Å²) >= 11 is 6.88. The molecule has 0 unspecified atom stereocenters. The summed E-state index contributed by atoms with van der Waals surface area (Å²) < 4.78 is 19.1. The Kier molecular flexibility index (Phi) is 13.2. The number of halogens is 1. The number of piperidine rings is 2. The van der Waals surface area contributed by atoms with E-state index in [0.29, 0.717) is 53.6 Å². The van der Waals surface area contributed by atoms with Crippen LogP contribution in [-0.2, 0) is 24.6 Å². The molecule has 0 bridgehead atoms. The summed E-state index contributed by atoms with van der Waals surface area (Å²) in [5, 5.41) is 28.9. The minimum atomic E-state index is -0.831. The zero-order valence-electron chi connectivity index (χ0n) is 33.5. The summed E-state index contributed by atoms with van der Waals surface area (Å²) in [5.74, 6) is 1.31. The topological polar surface area (TPSA) is 132 Å². The highest BCUT2D eigenvalue weighted by atomic mass is 35.5. The Morgan fingerprint density at radius 3 is 2.41 bits per heavy atom. The molecule has 1 N–H and O–H groups in total. The largest absolute Gasteiger partial charge is 0.493 e. The van der Waals surface area contributed by atoms with Crippen LogP contribution < -0.4 is 14.2 Å². The third kappa shape index (κ3) is 9.59. The molecular formula is C47H52ClN5O5. The van der Waals surface area contributed by atoms with Gasteiger partial charge in [0.2, 0.25) is 0 Å². The van der Waals surface area contributed by atoms with Crippen LogP contribution in [0.25, 0.3) is 11.1 Å². The minimum absolute atomic E-state index is 0.159. The maximum absolute atomic E-state index is 12.1. The molecule has 1 spiro atoms. The number of nitrogens with zero attached hydrogens (tertiary/aromatic N) is 5. The van der Waals surface area contributed by atoms with Crippen molar-refractivity contribution in [2.75, 3.05) is 32.8 Å². The van der Waals surface area contributed by atoms with Gasteiger partial charge in [0.1, 0.15) is 42.6 Å². The Morgan fingerprint density at radius 2 is 1.66 bits per heavy atom. The Balaban J connectivity index is 1.01. The van der Waals surface area contributed by atoms with E-state index >= 15 is 0 Å². The van der Waals surface area contributed by atoms with Crippen molar-refractivity contribution in [3.8, 4) is 40.5 Å². The highest BCUT2D eigenvalue weighted by Gasteiger charge is 2.45. The van der Waals surface area contributed by atoms with Crippen molar-refractivity contribution in [3.63, 3.8) is 0 Å². The Hall–Kier alpha value is -5.13. The molecule has 0 radical (unpaired) electrons. The molecule has 10 nitrogen and oxygen atoms in total. The maximum Gasteiger partial charge on any atom is 0.320 e. The number of ether oxygens (including phenoxy) is 3. The summed E-state index contributed by atoms with van der Waals surface area (Å²) in [6, 6.07) is 21.8. The number of hydrogen-bond acceptors (Lipinski definition) is 9. The number of rotatable bonds is 15. The normalized spacial score (nSPS) is 18.2. The van der Waals surface area contributed by atoms with E-state index in [-0.39, 0.29) is 19.1 Å². The lowest BCUT2D eigenvalue weighted by Crippen LogP contribution is -2.47. The molecule has 1 aromatic heterocycles. The number of nitriles is 2. The number of carboxylic acid groups (broad SMARTS) is 1. The van der Waals surface area contributed by atoms with E-state index in [9.17, 15) is 20.4 Å². The first-order chi connectivity index (χ1) is 28.1. The Morgan fingerprint density at radius 1 is 0.897 bits per heavy atom. The first kappa shape index (κ1) is 41.0. The van der Waals surface area contributed by atoms with Crippen LogP contribution in [0.3, 0.4) is 0 Å². The van der Waals surface area contributed by atoms with Gasteiger partial charge in [0.15, 0.2) is 0 Å². The van der Waals surface area contributed by atoms with Crippen LogP contribution in [0, 0.1) is 47.8 Å². The van der Waals surface area contributed by atoms with E-state index in [2.05, 4.69) is 60.1 Å². The predicted octanol–water partition coefficient (Wildman–Crippen LogP) is 9.27. The van der Waals surface area contributed by atoms with Crippen LogP contribution in [0.15, 0.2) is 67.0 Å². The summed E-state index contributed by atoms with van der Waals surface area (Å²) in [6.45, 7) is 9.57. The first-order valence-electron chi connectivity index (χ1n) is 20.5. The van der Waals surface area contributed by atoms with Gasteiger partial charge in [-0.1, -0.05) is 48.4 Å². The van der Waals surface area contributed by atoms with Crippen LogP contribution in [0.1, 0.15) is 84.7 Å². The number of carbonyl (C=O) groups is 1. The number of pyridine rings is 1. The zero-order valence-corrected chi connectivity index (χ0v) is 34.3. The summed E-state index contributed by atoms with van der Waals surface area (Å²) in [7, 11) is 0. The summed E-state index contributed by atoms with van der Waals surface area (Å²) in [6.07, 6.45) is 11.1. The Bertz CT molecular complexity index is 2180. The zero-order chi connectivity index (χ0) is 40.6. The van der Waals surface area contributed by atoms with Crippen molar-refractivity contribution in [1.82, 2.24) is 14.8 Å². The highest BCUT2D eigenvalue weighted by Crippen LogP contribution is 2.52. The SMILES string of the molecule is Cc1c(COc2cc(OCc3cncc(C#N)c3)c(CN3CCCC[C@H]3C(=O)O)cc2Cl)cccc1-c1cccc(OCCCN2CCC3(CC2)CC(C#N)C3)c1C. The van der Waals surface area contributed by atoms with Gasteiger partial charge in [-0.05, 0) is 130 Å². The number of carboxylic acids is 1. The number of likely N-dealkylation sites (tertiary alicyclic amines) is 2. The van der Waals surface area contributed by atoms with Gasteiger partial charge < -0.3 is 24.2 Å². The van der Waals surface area contributed by atoms with E-state index in [1.165, 1.54) is 19.0 Å². The van der Waals surface area contributed by atoms with Crippen LogP contribution >= 0.6 is 11.6 Å². The minimum Gasteiger partial charge on any atom is -0.493 e. The van der Waals surface area contributed by atoms with E-state index in [0.717, 1.165) is 96.4 Å². The molecule has 3 fully saturated rings. The quantitative estimate of drug-likeness (QED) is 0.116. The molecule has 3 heterocycles. The van der Waals surface area contributed by atoms with E-state index in [4.69, 9.17) is 25.8 Å². The average molecular weight is 802 g/mol.